The number of nitrogens with zero attached hydrogens (tertiary/aromatic N) is 7. The van der Waals surface area contributed by atoms with Crippen LogP contribution in [-0.2, 0) is 37.5 Å². The molecule has 0 unspecified atom stereocenters. The molecule has 0 radical (unpaired) electrons. The first-order valence-corrected chi connectivity index (χ1v) is 42.7. The second kappa shape index (κ2) is 39.1. The maximum absolute atomic E-state index is 8.29. The predicted molar refractivity (Wildman–Crippen MR) is 467 cm³/mol. The Morgan fingerprint density at radius 2 is 0.544 bits per heavy atom. The number of hydrogen-bond acceptors (Lipinski definition) is 7. The van der Waals surface area contributed by atoms with Crippen LogP contribution >= 0.6 is 18.8 Å². The molecule has 0 fully saturated rings. The molecule has 0 bridgehead atoms. The van der Waals surface area contributed by atoms with Gasteiger partial charge < -0.3 is 19.8 Å². The molecule has 13 aromatic carbocycles. The Morgan fingerprint density at radius 1 is 0.281 bits per heavy atom. The molecule has 17 rings (SSSR count). The van der Waals surface area contributed by atoms with Gasteiger partial charge in [0.05, 0.1) is 34.4 Å². The molecule has 0 amide bonds. The Labute approximate surface area is 699 Å². The minimum absolute atomic E-state index is 0. The zero-order valence-corrected chi connectivity index (χ0v) is 69.1. The maximum atomic E-state index is 8.29. The smallest absolute Gasteiger partial charge is 2.00 e. The quantitative estimate of drug-likeness (QED) is 0.0892. The monoisotopic (exact) mass is 1870 g/mol. The fourth-order valence-electron chi connectivity index (χ4n) is 13.9. The molecule has 7 nitrogen and oxygen atoms in total. The average molecular weight is 1870 g/mol. The SMILES string of the molecule is Cc1cnc(-c2[c-]c(N(c3[c-]c(-c4cc(-c5ccccc5)c(C)cn4)ccc3)c3ccccc3-c3ccccc3)ccc2)cc1-c1ccccc1.Cc1cnc(-c2cccc(N(c3cccc(-c4cc(-c5ccccc5)c(C)cn4)c3)c3ccccc3-c3ccccc3)c2)cc1-c1ccccc1.N#Cc1ccccc1.[Cl][Pt][Cl].[Pt+2]. The van der Waals surface area contributed by atoms with Gasteiger partial charge in [-0.3, -0.25) is 9.97 Å². The average Bonchev–Trinajstić information content (AvgIpc) is 0.775. The summed E-state index contributed by atoms with van der Waals surface area (Å²) in [4.78, 5) is 24.2. The predicted octanol–water partition coefficient (Wildman–Crippen LogP) is 28.3. The van der Waals surface area contributed by atoms with E-state index in [9.17, 15) is 0 Å². The van der Waals surface area contributed by atoms with Crippen molar-refractivity contribution in [3.63, 3.8) is 0 Å². The van der Waals surface area contributed by atoms with E-state index in [0.717, 1.165) is 135 Å². The maximum Gasteiger partial charge on any atom is 2.00 e. The first-order chi connectivity index (χ1) is 55.6. The molecule has 11 heteroatoms. The molecule has 4 heterocycles. The number of rotatable bonds is 16. The molecule has 0 aliphatic rings. The molecule has 114 heavy (non-hydrogen) atoms. The van der Waals surface area contributed by atoms with E-state index >= 15 is 0 Å². The minimum Gasteiger partial charge on any atom is 2.00 e. The molecule has 0 spiro atoms. The Morgan fingerprint density at radius 3 is 0.868 bits per heavy atom. The van der Waals surface area contributed by atoms with Gasteiger partial charge in [-0.05, 0) is 189 Å². The van der Waals surface area contributed by atoms with Crippen molar-refractivity contribution >= 4 is 53.0 Å². The van der Waals surface area contributed by atoms with E-state index in [4.69, 9.17) is 44.0 Å². The zero-order chi connectivity index (χ0) is 77.7. The van der Waals surface area contributed by atoms with Gasteiger partial charge in [0.2, 0.25) is 0 Å². The molecule has 0 saturated heterocycles. The normalized spacial score (nSPS) is 10.5. The number of benzene rings is 13. The second-order valence-electron chi connectivity index (χ2n) is 27.0. The van der Waals surface area contributed by atoms with Crippen molar-refractivity contribution in [2.24, 2.45) is 0 Å². The van der Waals surface area contributed by atoms with Crippen LogP contribution in [0.4, 0.5) is 34.1 Å². The molecule has 0 N–H and O–H groups in total. The van der Waals surface area contributed by atoms with Crippen molar-refractivity contribution in [3.8, 4) is 118 Å². The third-order valence-corrected chi connectivity index (χ3v) is 19.5. The first kappa shape index (κ1) is 79.6. The van der Waals surface area contributed by atoms with Crippen LogP contribution in [-0.4, -0.2) is 19.9 Å². The van der Waals surface area contributed by atoms with Gasteiger partial charge in [0.1, 0.15) is 0 Å². The number of anilines is 6. The van der Waals surface area contributed by atoms with Gasteiger partial charge in [0.25, 0.3) is 0 Å². The van der Waals surface area contributed by atoms with Crippen molar-refractivity contribution in [1.29, 1.82) is 5.26 Å². The van der Waals surface area contributed by atoms with E-state index < -0.39 is 16.5 Å². The van der Waals surface area contributed by atoms with Crippen LogP contribution in [0.3, 0.4) is 0 Å². The molecular formula is C103H77Cl2N7Pt2. The molecule has 0 saturated carbocycles. The van der Waals surface area contributed by atoms with Crippen LogP contribution in [0.5, 0.6) is 0 Å². The van der Waals surface area contributed by atoms with E-state index in [1.165, 1.54) is 33.4 Å². The summed E-state index contributed by atoms with van der Waals surface area (Å²) >= 11 is -0.472. The van der Waals surface area contributed by atoms with Gasteiger partial charge in [-0.2, -0.15) is 5.26 Å². The fourth-order valence-corrected chi connectivity index (χ4v) is 13.9. The molecular weight excluding hydrogens is 1800 g/mol. The summed E-state index contributed by atoms with van der Waals surface area (Å²) in [6, 6.07) is 138. The topological polar surface area (TPSA) is 81.8 Å². The van der Waals surface area contributed by atoms with Crippen molar-refractivity contribution < 1.29 is 37.5 Å². The number of hydrogen-bond donors (Lipinski definition) is 0. The van der Waals surface area contributed by atoms with E-state index in [2.05, 4.69) is 377 Å². The van der Waals surface area contributed by atoms with Gasteiger partial charge >= 0.3 is 56.4 Å². The summed E-state index contributed by atoms with van der Waals surface area (Å²) < 4.78 is 0. The van der Waals surface area contributed by atoms with Crippen molar-refractivity contribution in [1.82, 2.24) is 19.9 Å². The molecule has 0 aliphatic heterocycles. The van der Waals surface area contributed by atoms with Crippen LogP contribution in [0.2, 0.25) is 0 Å². The molecule has 558 valence electrons. The number of para-hydroxylation sites is 2. The Balaban J connectivity index is 0.000000174. The number of nitriles is 1. The molecule has 0 atom stereocenters. The number of aromatic nitrogens is 4. The van der Waals surface area contributed by atoms with E-state index in [0.29, 0.717) is 5.56 Å². The van der Waals surface area contributed by atoms with Crippen LogP contribution in [0.15, 0.2) is 395 Å². The Hall–Kier alpha value is -12.5. The summed E-state index contributed by atoms with van der Waals surface area (Å²) in [6.07, 6.45) is 7.87. The zero-order valence-electron chi connectivity index (χ0n) is 63.0. The summed E-state index contributed by atoms with van der Waals surface area (Å²) in [5, 5.41) is 8.29. The Kier molecular flexibility index (Phi) is 27.3. The van der Waals surface area contributed by atoms with Gasteiger partial charge in [0.15, 0.2) is 0 Å². The van der Waals surface area contributed by atoms with Crippen molar-refractivity contribution in [2.45, 2.75) is 27.7 Å². The largest absolute Gasteiger partial charge is 2.00 e. The summed E-state index contributed by atoms with van der Waals surface area (Å²) in [7, 11) is 9.75. The summed E-state index contributed by atoms with van der Waals surface area (Å²) in [5.74, 6) is 0. The van der Waals surface area contributed by atoms with Gasteiger partial charge in [-0.1, -0.05) is 273 Å². The fraction of sp³-hybridized carbons (Fsp3) is 0.0388. The Bertz CT molecular complexity index is 5460. The van der Waals surface area contributed by atoms with Crippen molar-refractivity contribution in [3.05, 3.63) is 435 Å². The second-order valence-corrected chi connectivity index (χ2v) is 30.2. The standard InChI is InChI=1S/C48H37N3.C48H35N3.C7H5N.2ClH.2Pt/c2*1-34-32-49-46(30-44(34)37-18-8-4-9-19-37)39-22-14-24-41(28-39)51(48-27-13-12-26-43(48)36-16-6-3-7-17-36)42-25-15-23-40(29-42)47-31-45(35(2)33-50-47)38-20-10-5-11-21-38;8-6-7-4-2-1-3-5-7;;;;/h3-33H,1-2H3;3-27,30-33H,1-2H3;1-5H;2*1H;;/q;-2;;;;2*+2/p-2. The van der Waals surface area contributed by atoms with Crippen LogP contribution < -0.4 is 9.80 Å². The summed E-state index contributed by atoms with van der Waals surface area (Å²) in [5.41, 5.74) is 32.7. The summed E-state index contributed by atoms with van der Waals surface area (Å²) in [6.45, 7) is 8.46. The first-order valence-electron chi connectivity index (χ1n) is 37.1. The minimum atomic E-state index is -0.472. The van der Waals surface area contributed by atoms with Gasteiger partial charge in [-0.15, -0.1) is 59.7 Å². The third-order valence-electron chi connectivity index (χ3n) is 19.5. The number of aryl methyl sites for hydroxylation is 4. The van der Waals surface area contributed by atoms with Gasteiger partial charge in [0, 0.05) is 58.4 Å². The van der Waals surface area contributed by atoms with E-state index in [1.807, 2.05) is 61.2 Å². The van der Waals surface area contributed by atoms with Crippen LogP contribution in [0.25, 0.3) is 112 Å². The third kappa shape index (κ3) is 19.3. The number of pyridine rings is 4. The van der Waals surface area contributed by atoms with Gasteiger partial charge in [-0.25, -0.2) is 0 Å². The van der Waals surface area contributed by atoms with Crippen molar-refractivity contribution in [2.75, 3.05) is 9.80 Å². The molecule has 17 aromatic rings. The molecule has 0 aliphatic carbocycles. The van der Waals surface area contributed by atoms with Crippen LogP contribution in [0, 0.1) is 51.2 Å². The van der Waals surface area contributed by atoms with Crippen LogP contribution in [0.1, 0.15) is 27.8 Å². The number of halogens is 2. The van der Waals surface area contributed by atoms with E-state index in [-0.39, 0.29) is 21.1 Å². The molecule has 4 aromatic heterocycles. The van der Waals surface area contributed by atoms with E-state index in [1.54, 1.807) is 12.1 Å².